The maximum Gasteiger partial charge on any atom is 0.293 e. The van der Waals surface area contributed by atoms with Crippen molar-refractivity contribution in [3.63, 3.8) is 0 Å². The van der Waals surface area contributed by atoms with Crippen molar-refractivity contribution in [3.8, 4) is 0 Å². The number of likely N-dealkylation sites (N-methyl/N-ethyl adjacent to an activating group) is 1. The fourth-order valence-electron chi connectivity index (χ4n) is 2.59. The number of amides is 1. The number of carbonyl (C=O) groups is 2. The number of nitrogens with zero attached hydrogens (tertiary/aromatic N) is 1. The number of carbonyl (C=O) groups excluding carboxylic acids is 2. The smallest absolute Gasteiger partial charge is 0.293 e. The minimum absolute atomic E-state index is 0.126. The van der Waals surface area contributed by atoms with E-state index in [0.717, 1.165) is 12.8 Å². The second kappa shape index (κ2) is 17.0. The lowest BCUT2D eigenvalue weighted by molar-refractivity contribution is -0.139. The molecule has 1 amide bonds. The van der Waals surface area contributed by atoms with Gasteiger partial charge in [-0.3, -0.25) is 9.59 Å². The molecule has 164 valence electrons. The van der Waals surface area contributed by atoms with Crippen LogP contribution in [0.1, 0.15) is 88.5 Å². The summed E-state index contributed by atoms with van der Waals surface area (Å²) in [5, 5.41) is 0. The largest absolute Gasteiger partial charge is 0.462 e. The summed E-state index contributed by atoms with van der Waals surface area (Å²) in [6.07, 6.45) is 2.74. The van der Waals surface area contributed by atoms with Crippen LogP contribution in [0, 0.1) is 11.8 Å². The summed E-state index contributed by atoms with van der Waals surface area (Å²) < 4.78 is 10.1. The molecule has 0 N–H and O–H groups in total. The second-order valence-electron chi connectivity index (χ2n) is 7.99. The first-order valence-corrected chi connectivity index (χ1v) is 10.3. The van der Waals surface area contributed by atoms with Crippen LogP contribution in [0.2, 0.25) is 0 Å². The van der Waals surface area contributed by atoms with Crippen molar-refractivity contribution >= 4 is 12.4 Å². The zero-order valence-electron chi connectivity index (χ0n) is 20.1. The van der Waals surface area contributed by atoms with E-state index in [1.165, 1.54) is 0 Å². The summed E-state index contributed by atoms with van der Waals surface area (Å²) in [6.45, 7) is 20.6. The van der Waals surface area contributed by atoms with E-state index in [2.05, 4.69) is 39.4 Å². The lowest BCUT2D eigenvalue weighted by atomic mass is 9.91. The highest BCUT2D eigenvalue weighted by molar-refractivity contribution is 5.76. The van der Waals surface area contributed by atoms with Gasteiger partial charge in [-0.25, -0.2) is 0 Å². The Morgan fingerprint density at radius 2 is 1.56 bits per heavy atom. The van der Waals surface area contributed by atoms with Gasteiger partial charge < -0.3 is 14.4 Å². The summed E-state index contributed by atoms with van der Waals surface area (Å²) in [6, 6.07) is 0.177. The van der Waals surface area contributed by atoms with Gasteiger partial charge in [0.05, 0.1) is 12.1 Å². The van der Waals surface area contributed by atoms with E-state index in [1.807, 2.05) is 46.6 Å². The number of hydrogen-bond donors (Lipinski definition) is 0. The van der Waals surface area contributed by atoms with E-state index in [0.29, 0.717) is 24.7 Å². The Balaban J connectivity index is -0.000000535. The highest BCUT2D eigenvalue weighted by Crippen LogP contribution is 2.22. The molecule has 27 heavy (non-hydrogen) atoms. The Kier molecular flexibility index (Phi) is 19.3. The van der Waals surface area contributed by atoms with Crippen molar-refractivity contribution in [1.82, 2.24) is 4.90 Å². The molecule has 0 rings (SSSR count). The Hall–Kier alpha value is -1.10. The van der Waals surface area contributed by atoms with Crippen molar-refractivity contribution in [1.29, 1.82) is 0 Å². The van der Waals surface area contributed by atoms with Crippen LogP contribution in [-0.4, -0.2) is 49.2 Å². The molecule has 0 fully saturated rings. The van der Waals surface area contributed by atoms with Gasteiger partial charge in [-0.05, 0) is 39.0 Å². The van der Waals surface area contributed by atoms with Gasteiger partial charge in [0.15, 0.2) is 0 Å². The average Bonchev–Trinajstić information content (AvgIpc) is 2.59. The van der Waals surface area contributed by atoms with Crippen LogP contribution in [0.15, 0.2) is 0 Å². The fourth-order valence-corrected chi connectivity index (χ4v) is 2.59. The van der Waals surface area contributed by atoms with Gasteiger partial charge in [-0.15, -0.1) is 0 Å². The van der Waals surface area contributed by atoms with Gasteiger partial charge in [0, 0.05) is 20.6 Å². The lowest BCUT2D eigenvalue weighted by Crippen LogP contribution is -2.49. The van der Waals surface area contributed by atoms with Crippen LogP contribution >= 0.6 is 0 Å². The third-order valence-electron chi connectivity index (χ3n) is 4.14. The highest BCUT2D eigenvalue weighted by Gasteiger charge is 2.31. The Morgan fingerprint density at radius 1 is 1.07 bits per heavy atom. The molecule has 0 aliphatic rings. The molecule has 0 aromatic heterocycles. The quantitative estimate of drug-likeness (QED) is 0.501. The van der Waals surface area contributed by atoms with Gasteiger partial charge in [0.25, 0.3) is 6.47 Å². The fraction of sp³-hybridized carbons (Fsp3) is 0.909. The zero-order chi connectivity index (χ0) is 22.2. The first-order chi connectivity index (χ1) is 12.4. The SMILES string of the molecule is CC.CC(C)(C)OC=O.CCC(C)C(C(CC)OC)N(C)C(=O)CC(C)C. The molecular formula is C22H47NO4. The minimum Gasteiger partial charge on any atom is -0.462 e. The molecule has 0 bridgehead atoms. The summed E-state index contributed by atoms with van der Waals surface area (Å²) in [7, 11) is 3.66. The molecule has 5 heteroatoms. The Morgan fingerprint density at radius 3 is 1.78 bits per heavy atom. The van der Waals surface area contributed by atoms with E-state index in [4.69, 9.17) is 4.74 Å². The van der Waals surface area contributed by atoms with Crippen molar-refractivity contribution in [2.75, 3.05) is 14.2 Å². The molecule has 0 aliphatic carbocycles. The maximum atomic E-state index is 12.2. The lowest BCUT2D eigenvalue weighted by Gasteiger charge is -2.37. The van der Waals surface area contributed by atoms with Crippen LogP contribution in [-0.2, 0) is 19.1 Å². The van der Waals surface area contributed by atoms with E-state index in [1.54, 1.807) is 7.11 Å². The molecule has 5 nitrogen and oxygen atoms in total. The normalized spacial score (nSPS) is 14.0. The number of hydrogen-bond acceptors (Lipinski definition) is 4. The molecule has 0 aromatic carbocycles. The molecule has 0 radical (unpaired) electrons. The van der Waals surface area contributed by atoms with Crippen LogP contribution < -0.4 is 0 Å². The van der Waals surface area contributed by atoms with Gasteiger partial charge in [-0.2, -0.15) is 0 Å². The predicted molar refractivity (Wildman–Crippen MR) is 115 cm³/mol. The summed E-state index contributed by atoms with van der Waals surface area (Å²) >= 11 is 0. The van der Waals surface area contributed by atoms with Crippen LogP contribution in [0.3, 0.4) is 0 Å². The van der Waals surface area contributed by atoms with Crippen LogP contribution in [0.4, 0.5) is 0 Å². The van der Waals surface area contributed by atoms with E-state index >= 15 is 0 Å². The summed E-state index contributed by atoms with van der Waals surface area (Å²) in [5.74, 6) is 1.09. The van der Waals surface area contributed by atoms with Crippen molar-refractivity contribution in [2.24, 2.45) is 11.8 Å². The van der Waals surface area contributed by atoms with E-state index < -0.39 is 0 Å². The molecule has 0 spiro atoms. The number of methoxy groups -OCH3 is 1. The van der Waals surface area contributed by atoms with Gasteiger partial charge in [-0.1, -0.05) is 54.9 Å². The molecule has 0 saturated heterocycles. The second-order valence-corrected chi connectivity index (χ2v) is 7.99. The van der Waals surface area contributed by atoms with Gasteiger partial charge >= 0.3 is 0 Å². The molecular weight excluding hydrogens is 342 g/mol. The van der Waals surface area contributed by atoms with Gasteiger partial charge in [0.1, 0.15) is 5.60 Å². The molecule has 3 atom stereocenters. The van der Waals surface area contributed by atoms with Crippen LogP contribution in [0.25, 0.3) is 0 Å². The zero-order valence-corrected chi connectivity index (χ0v) is 20.1. The van der Waals surface area contributed by atoms with Crippen molar-refractivity contribution in [3.05, 3.63) is 0 Å². The summed E-state index contributed by atoms with van der Waals surface area (Å²) in [4.78, 5) is 23.7. The molecule has 0 heterocycles. The maximum absolute atomic E-state index is 12.2. The van der Waals surface area contributed by atoms with Crippen LogP contribution in [0.5, 0.6) is 0 Å². The third kappa shape index (κ3) is 15.6. The average molecular weight is 390 g/mol. The van der Waals surface area contributed by atoms with E-state index in [-0.39, 0.29) is 23.7 Å². The van der Waals surface area contributed by atoms with E-state index in [9.17, 15) is 9.59 Å². The minimum atomic E-state index is -0.318. The molecule has 3 unspecified atom stereocenters. The summed E-state index contributed by atoms with van der Waals surface area (Å²) in [5.41, 5.74) is -0.318. The Labute approximate surface area is 169 Å². The molecule has 0 aliphatic heterocycles. The van der Waals surface area contributed by atoms with Crippen molar-refractivity contribution in [2.45, 2.75) is 106 Å². The number of rotatable bonds is 9. The Bertz CT molecular complexity index is 360. The monoisotopic (exact) mass is 389 g/mol. The first-order valence-electron chi connectivity index (χ1n) is 10.3. The highest BCUT2D eigenvalue weighted by atomic mass is 16.5. The topological polar surface area (TPSA) is 55.8 Å². The first kappa shape index (κ1) is 30.6. The van der Waals surface area contributed by atoms with Gasteiger partial charge in [0.2, 0.25) is 5.91 Å². The predicted octanol–water partition coefficient (Wildman–Crippen LogP) is 5.31. The molecule has 0 saturated carbocycles. The third-order valence-corrected chi connectivity index (χ3v) is 4.14. The molecule has 0 aromatic rings. The van der Waals surface area contributed by atoms with Crippen molar-refractivity contribution < 1.29 is 19.1 Å². The number of ether oxygens (including phenoxy) is 2. The standard InChI is InChI=1S/C15H31NO2.C5H10O2.C2H6/c1-8-12(5)15(13(9-2)18-7)16(6)14(17)10-11(3)4;1-5(2,3)7-4-6;1-2/h11-13,15H,8-10H2,1-7H3;4H,1-3H3;1-2H3.